The molecule has 0 aliphatic carbocycles. The van der Waals surface area contributed by atoms with Crippen LogP contribution in [0.5, 0.6) is 0 Å². The summed E-state index contributed by atoms with van der Waals surface area (Å²) in [6.07, 6.45) is 78.4. The number of carbonyl (C=O) groups excluding carboxylic acids is 2. The highest BCUT2D eigenvalue weighted by atomic mass is 16.5. The first-order valence-corrected chi connectivity index (χ1v) is 33.7. The average Bonchev–Trinajstić information content (AvgIpc) is 3.38. The van der Waals surface area contributed by atoms with Crippen LogP contribution < -0.4 is 0 Å². The van der Waals surface area contributed by atoms with Crippen LogP contribution in [-0.4, -0.2) is 36.5 Å². The molecular formula is C68H133NO3. The molecule has 0 aromatic heterocycles. The number of unbranched alkanes of at least 4 members (excludes halogenated alkanes) is 49. The number of ether oxygens (including phenoxy) is 1. The van der Waals surface area contributed by atoms with Gasteiger partial charge >= 0.3 is 5.97 Å². The second kappa shape index (κ2) is 62.2. The predicted octanol–water partition coefficient (Wildman–Crippen LogP) is 23.5. The van der Waals surface area contributed by atoms with Gasteiger partial charge in [-0.1, -0.05) is 342 Å². The van der Waals surface area contributed by atoms with Gasteiger partial charge in [0, 0.05) is 19.0 Å². The van der Waals surface area contributed by atoms with Crippen LogP contribution in [0.4, 0.5) is 0 Å². The molecule has 0 saturated heterocycles. The summed E-state index contributed by atoms with van der Waals surface area (Å²) in [4.78, 5) is 29.5. The Bertz CT molecular complexity index is 1060. The number of rotatable bonds is 62. The molecule has 0 rings (SSSR count). The molecular weight excluding hydrogens is 879 g/mol. The smallest absolute Gasteiger partial charge is 0.306 e. The van der Waals surface area contributed by atoms with Crippen molar-refractivity contribution in [2.75, 3.05) is 19.7 Å². The van der Waals surface area contributed by atoms with E-state index >= 15 is 0 Å². The maximum atomic E-state index is 14.2. The third-order valence-corrected chi connectivity index (χ3v) is 16.0. The van der Waals surface area contributed by atoms with E-state index in [9.17, 15) is 9.59 Å². The van der Waals surface area contributed by atoms with E-state index in [2.05, 4.69) is 44.7 Å². The topological polar surface area (TPSA) is 46.6 Å². The third kappa shape index (κ3) is 54.9. The second-order valence-corrected chi connectivity index (χ2v) is 23.3. The Labute approximate surface area is 454 Å². The van der Waals surface area contributed by atoms with Gasteiger partial charge in [-0.3, -0.25) is 9.59 Å². The molecule has 428 valence electrons. The fourth-order valence-electron chi connectivity index (χ4n) is 10.9. The highest BCUT2D eigenvalue weighted by Gasteiger charge is 2.27. The van der Waals surface area contributed by atoms with Gasteiger partial charge in [-0.2, -0.15) is 0 Å². The van der Waals surface area contributed by atoms with Crippen molar-refractivity contribution in [3.8, 4) is 0 Å². The first-order valence-electron chi connectivity index (χ1n) is 33.7. The fourth-order valence-corrected chi connectivity index (χ4v) is 10.9. The van der Waals surface area contributed by atoms with Crippen LogP contribution in [0, 0.1) is 5.92 Å². The Balaban J connectivity index is 4.07. The zero-order chi connectivity index (χ0) is 52.2. The van der Waals surface area contributed by atoms with Gasteiger partial charge in [0.15, 0.2) is 0 Å². The summed E-state index contributed by atoms with van der Waals surface area (Å²) < 4.78 is 5.74. The van der Waals surface area contributed by atoms with Crippen LogP contribution in [-0.2, 0) is 14.3 Å². The molecule has 0 aliphatic heterocycles. The first kappa shape index (κ1) is 70.7. The monoisotopic (exact) mass is 1010 g/mol. The van der Waals surface area contributed by atoms with Crippen LogP contribution >= 0.6 is 0 Å². The van der Waals surface area contributed by atoms with Crippen LogP contribution in [0.1, 0.15) is 387 Å². The van der Waals surface area contributed by atoms with Crippen LogP contribution in [0.2, 0.25) is 0 Å². The molecule has 0 aromatic rings. The predicted molar refractivity (Wildman–Crippen MR) is 321 cm³/mol. The molecule has 0 radical (unpaired) electrons. The van der Waals surface area contributed by atoms with Crippen LogP contribution in [0.15, 0.2) is 12.2 Å². The summed E-state index contributed by atoms with van der Waals surface area (Å²) in [7, 11) is 0. The maximum absolute atomic E-state index is 14.2. The summed E-state index contributed by atoms with van der Waals surface area (Å²) in [6, 6.07) is 0. The summed E-state index contributed by atoms with van der Waals surface area (Å²) in [5, 5.41) is 0. The van der Waals surface area contributed by atoms with Crippen molar-refractivity contribution in [1.82, 2.24) is 4.90 Å². The number of carbonyl (C=O) groups is 2. The van der Waals surface area contributed by atoms with Gasteiger partial charge < -0.3 is 9.64 Å². The van der Waals surface area contributed by atoms with Crippen molar-refractivity contribution in [3.63, 3.8) is 0 Å². The lowest BCUT2D eigenvalue weighted by atomic mass is 9.95. The molecule has 0 aromatic carbocycles. The van der Waals surface area contributed by atoms with Crippen molar-refractivity contribution in [2.45, 2.75) is 387 Å². The lowest BCUT2D eigenvalue weighted by Crippen LogP contribution is -2.38. The molecule has 0 aliphatic rings. The van der Waals surface area contributed by atoms with Gasteiger partial charge in [0.1, 0.15) is 0 Å². The molecule has 4 heteroatoms. The number of hydrogen-bond donors (Lipinski definition) is 0. The minimum atomic E-state index is -0.245. The molecule has 0 heterocycles. The lowest BCUT2D eigenvalue weighted by molar-refractivity contribution is -0.149. The van der Waals surface area contributed by atoms with Crippen molar-refractivity contribution in [3.05, 3.63) is 12.2 Å². The van der Waals surface area contributed by atoms with E-state index in [0.717, 1.165) is 64.5 Å². The van der Waals surface area contributed by atoms with Crippen LogP contribution in [0.3, 0.4) is 0 Å². The Morgan fingerprint density at radius 1 is 0.319 bits per heavy atom. The van der Waals surface area contributed by atoms with Gasteiger partial charge in [-0.15, -0.1) is 0 Å². The van der Waals surface area contributed by atoms with E-state index in [1.54, 1.807) is 0 Å². The average molecular weight is 1010 g/mol. The molecule has 4 nitrogen and oxygen atoms in total. The van der Waals surface area contributed by atoms with Crippen molar-refractivity contribution in [1.29, 1.82) is 0 Å². The number of hydrogen-bond acceptors (Lipinski definition) is 3. The number of nitrogens with zero attached hydrogens (tertiary/aromatic N) is 1. The van der Waals surface area contributed by atoms with E-state index in [-0.39, 0.29) is 24.2 Å². The maximum Gasteiger partial charge on any atom is 0.306 e. The molecule has 1 atom stereocenters. The summed E-state index contributed by atoms with van der Waals surface area (Å²) in [5.41, 5.74) is 0. The molecule has 0 fully saturated rings. The fraction of sp³-hybridized carbons (Fsp3) is 0.941. The van der Waals surface area contributed by atoms with Crippen molar-refractivity contribution in [2.24, 2.45) is 5.92 Å². The van der Waals surface area contributed by atoms with Gasteiger partial charge in [0.25, 0.3) is 0 Å². The molecule has 1 amide bonds. The van der Waals surface area contributed by atoms with E-state index < -0.39 is 0 Å². The highest BCUT2D eigenvalue weighted by molar-refractivity contribution is 5.83. The van der Waals surface area contributed by atoms with E-state index in [1.165, 1.54) is 302 Å². The Kier molecular flexibility index (Phi) is 61.1. The highest BCUT2D eigenvalue weighted by Crippen LogP contribution is 2.22. The summed E-state index contributed by atoms with van der Waals surface area (Å²) in [5.74, 6) is -0.193. The van der Waals surface area contributed by atoms with Crippen molar-refractivity contribution >= 4 is 11.9 Å². The van der Waals surface area contributed by atoms with Gasteiger partial charge in [-0.25, -0.2) is 0 Å². The Morgan fingerprint density at radius 2 is 0.569 bits per heavy atom. The van der Waals surface area contributed by atoms with E-state index in [4.69, 9.17) is 4.74 Å². The number of amides is 1. The van der Waals surface area contributed by atoms with Gasteiger partial charge in [-0.05, 0) is 51.4 Å². The number of esters is 1. The Hall–Kier alpha value is -1.32. The minimum absolute atomic E-state index is 0.166. The molecule has 0 saturated carbocycles. The Morgan fingerprint density at radius 3 is 0.875 bits per heavy atom. The SMILES string of the molecule is CCCCCCCCCCCCCCCCCCCCCCCCCCCCCCCCC/C=C/CCCCCC(CC(=O)OCCCCCCCC)C(=O)N(CCCCCCCC)CCCCCCCC. The van der Waals surface area contributed by atoms with Crippen LogP contribution in [0.25, 0.3) is 0 Å². The standard InChI is InChI=1S/C68H133NO3/c1-5-9-13-17-21-22-23-24-25-26-27-28-29-30-31-32-33-34-35-36-37-38-39-40-41-42-43-44-45-46-47-48-49-50-51-52-53-57-61-66(65-67(70)72-64-60-56-20-16-12-8-4)68(71)69(62-58-54-18-14-10-6-2)63-59-55-19-15-11-7-3/h49-50,66H,5-48,51-65H2,1-4H3/b50-49+. The molecule has 72 heavy (non-hydrogen) atoms. The first-order chi connectivity index (χ1) is 35.6. The summed E-state index contributed by atoms with van der Waals surface area (Å²) >= 11 is 0. The van der Waals surface area contributed by atoms with E-state index in [0.29, 0.717) is 6.61 Å². The lowest BCUT2D eigenvalue weighted by Gasteiger charge is -2.27. The minimum Gasteiger partial charge on any atom is -0.466 e. The quantitative estimate of drug-likeness (QED) is 0.0346. The number of allylic oxidation sites excluding steroid dienone is 2. The normalized spacial score (nSPS) is 12.1. The van der Waals surface area contributed by atoms with E-state index in [1.807, 2.05) is 0 Å². The molecule has 0 N–H and O–H groups in total. The molecule has 1 unspecified atom stereocenters. The zero-order valence-corrected chi connectivity index (χ0v) is 50.1. The largest absolute Gasteiger partial charge is 0.466 e. The molecule has 0 spiro atoms. The van der Waals surface area contributed by atoms with Crippen molar-refractivity contribution < 1.29 is 14.3 Å². The summed E-state index contributed by atoms with van der Waals surface area (Å²) in [6.45, 7) is 11.3. The van der Waals surface area contributed by atoms with Gasteiger partial charge in [0.2, 0.25) is 5.91 Å². The zero-order valence-electron chi connectivity index (χ0n) is 50.1. The van der Waals surface area contributed by atoms with Gasteiger partial charge in [0.05, 0.1) is 13.0 Å². The third-order valence-electron chi connectivity index (χ3n) is 16.0. The second-order valence-electron chi connectivity index (χ2n) is 23.3. The molecule has 0 bridgehead atoms.